The molecule has 0 fully saturated rings. The normalized spacial score (nSPS) is 3.00. The maximum Gasteiger partial charge on any atom is -0.0195 e. The third kappa shape index (κ3) is 30000. The van der Waals surface area contributed by atoms with E-state index in [2.05, 4.69) is 22.9 Å². The van der Waals surface area contributed by atoms with Crippen LogP contribution in [0.1, 0.15) is 27.7 Å². The lowest BCUT2D eigenvalue weighted by molar-refractivity contribution is 1.48. The van der Waals surface area contributed by atoms with E-state index in [1.54, 1.807) is 0 Å². The molecule has 0 radical (unpaired) electrons. The van der Waals surface area contributed by atoms with Gasteiger partial charge in [-0.2, -0.15) is 0 Å². The Balaban J connectivity index is -0.00000000900. The van der Waals surface area contributed by atoms with E-state index >= 15 is 0 Å². The molecule has 0 aliphatic heterocycles. The quantitative estimate of drug-likeness (QED) is 0.436. The molecule has 0 aromatic rings. The smallest absolute Gasteiger partial charge is 0.0195 e. The Hall–Kier alpha value is -0.160. The van der Waals surface area contributed by atoms with E-state index in [0.717, 1.165) is 0 Å². The summed E-state index contributed by atoms with van der Waals surface area (Å²) in [4.78, 5) is 0. The highest BCUT2D eigenvalue weighted by atomic mass is 14.4. The van der Waals surface area contributed by atoms with Crippen molar-refractivity contribution < 1.29 is 0 Å². The maximum absolute atomic E-state index is 4.50. The molecule has 0 spiro atoms. The van der Waals surface area contributed by atoms with Crippen LogP contribution in [0.4, 0.5) is 0 Å². The molecule has 84 valence electrons. The van der Waals surface area contributed by atoms with Gasteiger partial charge in [-0.05, 0) is 28.2 Å². The first-order valence-electron chi connectivity index (χ1n) is 4.31. The molecule has 0 aromatic heterocycles. The van der Waals surface area contributed by atoms with Crippen molar-refractivity contribution in [3.05, 3.63) is 0 Å². The van der Waals surface area contributed by atoms with Gasteiger partial charge in [-0.1, -0.05) is 27.7 Å². The van der Waals surface area contributed by atoms with Gasteiger partial charge < -0.3 is 22.9 Å². The van der Waals surface area contributed by atoms with Crippen molar-refractivity contribution in [1.29, 1.82) is 0 Å². The third-order valence-electron chi connectivity index (χ3n) is 0. The lowest BCUT2D eigenvalue weighted by Gasteiger charge is -1.19. The fourth-order valence-electron chi connectivity index (χ4n) is 0. The fourth-order valence-corrected chi connectivity index (χ4v) is 0. The molecule has 0 rings (SSSR count). The first kappa shape index (κ1) is 40.8. The summed E-state index contributed by atoms with van der Waals surface area (Å²) < 4.78 is 0. The molecular weight excluding hydrogens is 152 g/mol. The van der Waals surface area contributed by atoms with Gasteiger partial charge in [0.1, 0.15) is 0 Å². The number of hydrogen-bond acceptors (Lipinski definition) is 4. The van der Waals surface area contributed by atoms with Crippen molar-refractivity contribution in [3.63, 3.8) is 0 Å². The average molecular weight is 184 g/mol. The van der Waals surface area contributed by atoms with Crippen LogP contribution in [0, 0.1) is 0 Å². The van der Waals surface area contributed by atoms with Crippen molar-refractivity contribution in [2.75, 3.05) is 28.2 Å². The van der Waals surface area contributed by atoms with Crippen LogP contribution in [0.25, 0.3) is 0 Å². The second kappa shape index (κ2) is 41000. The molecule has 4 nitrogen and oxygen atoms in total. The molecule has 0 saturated carbocycles. The largest absolute Gasteiger partial charge is 0.333 e. The Morgan fingerprint density at radius 1 is 0.333 bits per heavy atom. The lowest BCUT2D eigenvalue weighted by Crippen LogP contribution is -1.69. The molecule has 0 aliphatic carbocycles. The third-order valence-corrected chi connectivity index (χ3v) is 0. The predicted molar refractivity (Wildman–Crippen MR) is 63.1 cm³/mol. The molecule has 4 heteroatoms. The minimum atomic E-state index is 1.50. The summed E-state index contributed by atoms with van der Waals surface area (Å²) in [6.07, 6.45) is 0. The van der Waals surface area contributed by atoms with Crippen molar-refractivity contribution in [2.24, 2.45) is 22.9 Å². The van der Waals surface area contributed by atoms with Gasteiger partial charge in [0.25, 0.3) is 0 Å². The highest BCUT2D eigenvalue weighted by molar-refractivity contribution is 3.54. The van der Waals surface area contributed by atoms with Gasteiger partial charge in [-0.3, -0.25) is 0 Å². The van der Waals surface area contributed by atoms with Crippen LogP contribution in [-0.4, -0.2) is 28.2 Å². The number of hydrogen-bond donors (Lipinski definition) is 4. The molecular formula is C8H32N4. The molecule has 12 heavy (non-hydrogen) atoms. The van der Waals surface area contributed by atoms with E-state index in [1.165, 1.54) is 28.2 Å². The highest BCUT2D eigenvalue weighted by Crippen LogP contribution is 1.15. The predicted octanol–water partition coefficient (Wildman–Crippen LogP) is 0.352. The van der Waals surface area contributed by atoms with Crippen molar-refractivity contribution >= 4 is 0 Å². The number of rotatable bonds is 0. The Morgan fingerprint density at radius 2 is 0.333 bits per heavy atom. The highest BCUT2D eigenvalue weighted by Gasteiger charge is 0.934. The van der Waals surface area contributed by atoms with Gasteiger partial charge in [0.05, 0.1) is 0 Å². The maximum atomic E-state index is 4.50. The molecule has 0 unspecified atom stereocenters. The summed E-state index contributed by atoms with van der Waals surface area (Å²) in [6, 6.07) is 0. The van der Waals surface area contributed by atoms with Gasteiger partial charge >= 0.3 is 0 Å². The molecule has 0 aromatic carbocycles. The second-order valence-corrected chi connectivity index (χ2v) is 0. The van der Waals surface area contributed by atoms with E-state index in [-0.39, 0.29) is 0 Å². The van der Waals surface area contributed by atoms with Gasteiger partial charge in [-0.15, -0.1) is 0 Å². The van der Waals surface area contributed by atoms with Crippen LogP contribution in [-0.2, 0) is 0 Å². The summed E-state index contributed by atoms with van der Waals surface area (Å²) in [7, 11) is 6.00. The van der Waals surface area contributed by atoms with E-state index in [1.807, 2.05) is 27.7 Å². The minimum absolute atomic E-state index is 1.50. The van der Waals surface area contributed by atoms with Gasteiger partial charge in [-0.25, -0.2) is 0 Å². The first-order chi connectivity index (χ1) is 6.00. The van der Waals surface area contributed by atoms with Crippen LogP contribution in [0.2, 0.25) is 0 Å². The Labute approximate surface area is 79.7 Å². The Kier molecular flexibility index (Phi) is 139000. The summed E-state index contributed by atoms with van der Waals surface area (Å²) in [6.45, 7) is 8.00. The number of nitrogens with two attached hydrogens (primary N) is 4. The molecule has 0 amide bonds. The van der Waals surface area contributed by atoms with Crippen molar-refractivity contribution in [1.82, 2.24) is 0 Å². The van der Waals surface area contributed by atoms with Gasteiger partial charge in [0.15, 0.2) is 0 Å². The molecule has 0 heterocycles. The first-order valence-corrected chi connectivity index (χ1v) is 4.31. The van der Waals surface area contributed by atoms with E-state index in [0.29, 0.717) is 0 Å². The second-order valence-electron chi connectivity index (χ2n) is 0. The Morgan fingerprint density at radius 3 is 0.333 bits per heavy atom. The van der Waals surface area contributed by atoms with Crippen LogP contribution in [0.3, 0.4) is 0 Å². The standard InChI is InChI=1S/2C2H6.4CH5N/c6*1-2/h2*1-2H3;4*2H2,1H3. The van der Waals surface area contributed by atoms with Crippen LogP contribution < -0.4 is 22.9 Å². The molecule has 0 bridgehead atoms. The van der Waals surface area contributed by atoms with Crippen molar-refractivity contribution in [2.45, 2.75) is 27.7 Å². The van der Waals surface area contributed by atoms with Gasteiger partial charge in [0, 0.05) is 0 Å². The molecule has 0 aliphatic rings. The SMILES string of the molecule is CC.CC.CN.CN.CN.CN. The molecule has 8 N–H and O–H groups in total. The van der Waals surface area contributed by atoms with Crippen molar-refractivity contribution in [3.8, 4) is 0 Å². The van der Waals surface area contributed by atoms with Gasteiger partial charge in [0.2, 0.25) is 0 Å². The fraction of sp³-hybridized carbons (Fsp3) is 1.00. The van der Waals surface area contributed by atoms with E-state index in [4.69, 9.17) is 0 Å². The van der Waals surface area contributed by atoms with E-state index < -0.39 is 0 Å². The monoisotopic (exact) mass is 184 g/mol. The topological polar surface area (TPSA) is 104 Å². The summed E-state index contributed by atoms with van der Waals surface area (Å²) in [5.41, 5.74) is 18.0. The van der Waals surface area contributed by atoms with E-state index in [9.17, 15) is 0 Å². The average Bonchev–Trinajstić information content (AvgIpc) is 2.33. The zero-order valence-electron chi connectivity index (χ0n) is 10.3. The summed E-state index contributed by atoms with van der Waals surface area (Å²) in [5.74, 6) is 0. The minimum Gasteiger partial charge on any atom is -0.333 e. The summed E-state index contributed by atoms with van der Waals surface area (Å²) in [5, 5.41) is 0. The Bertz CT molecular complexity index is 11.0. The molecule has 0 saturated heterocycles. The zero-order chi connectivity index (χ0) is 12.0. The molecule has 0 atom stereocenters. The summed E-state index contributed by atoms with van der Waals surface area (Å²) >= 11 is 0. The zero-order valence-corrected chi connectivity index (χ0v) is 10.3. The van der Waals surface area contributed by atoms with Crippen LogP contribution in [0.5, 0.6) is 0 Å². The van der Waals surface area contributed by atoms with Crippen LogP contribution in [0.15, 0.2) is 0 Å². The lowest BCUT2D eigenvalue weighted by atomic mass is 11.0. The van der Waals surface area contributed by atoms with Crippen LogP contribution >= 0.6 is 0 Å².